The molecule has 1 N–H and O–H groups in total. The molecule has 1 aromatic carbocycles. The quantitative estimate of drug-likeness (QED) is 0.467. The maximum atomic E-state index is 12.5. The van der Waals surface area contributed by atoms with Crippen molar-refractivity contribution in [3.05, 3.63) is 39.4 Å². The number of hydrogen-bond acceptors (Lipinski definition) is 4. The van der Waals surface area contributed by atoms with E-state index in [0.29, 0.717) is 11.1 Å². The van der Waals surface area contributed by atoms with Gasteiger partial charge in [0.2, 0.25) is 0 Å². The van der Waals surface area contributed by atoms with E-state index in [1.807, 2.05) is 0 Å². The Hall–Kier alpha value is -2.24. The number of nitrogens with zero attached hydrogens (tertiary/aromatic N) is 2. The number of rotatable bonds is 5. The Morgan fingerprint density at radius 1 is 1.22 bits per heavy atom. The molecule has 0 saturated heterocycles. The molecular weight excluding hydrogens is 342 g/mol. The Labute approximate surface area is 159 Å². The van der Waals surface area contributed by atoms with Crippen LogP contribution in [0.4, 0.5) is 5.69 Å². The Balaban J connectivity index is 1.52. The minimum absolute atomic E-state index is 0.0258. The van der Waals surface area contributed by atoms with Gasteiger partial charge in [-0.05, 0) is 81.8 Å². The fourth-order valence-electron chi connectivity index (χ4n) is 6.22. The van der Waals surface area contributed by atoms with E-state index in [0.717, 1.165) is 29.9 Å². The summed E-state index contributed by atoms with van der Waals surface area (Å²) in [5, 5.41) is 15.5. The molecular formula is C21H27N3O3. The monoisotopic (exact) mass is 369 g/mol. The normalized spacial score (nSPS) is 31.8. The molecule has 1 amide bonds. The third-order valence-corrected chi connectivity index (χ3v) is 6.93. The van der Waals surface area contributed by atoms with Crippen LogP contribution in [0, 0.1) is 40.2 Å². The number of benzene rings is 1. The maximum Gasteiger partial charge on any atom is 0.272 e. The van der Waals surface area contributed by atoms with Gasteiger partial charge in [0.1, 0.15) is 0 Å². The Bertz CT molecular complexity index is 780. The van der Waals surface area contributed by atoms with Crippen LogP contribution < -0.4 is 5.43 Å². The molecule has 4 aliphatic carbocycles. The molecule has 144 valence electrons. The molecule has 0 aliphatic heterocycles. The minimum Gasteiger partial charge on any atom is -0.267 e. The average Bonchev–Trinajstić information content (AvgIpc) is 2.60. The van der Waals surface area contributed by atoms with Gasteiger partial charge in [0.15, 0.2) is 0 Å². The lowest BCUT2D eigenvalue weighted by atomic mass is 9.48. The van der Waals surface area contributed by atoms with Crippen LogP contribution in [0.2, 0.25) is 0 Å². The molecule has 4 bridgehead atoms. The molecule has 4 saturated carbocycles. The molecule has 0 atom stereocenters. The highest BCUT2D eigenvalue weighted by atomic mass is 16.6. The van der Waals surface area contributed by atoms with Gasteiger partial charge in [-0.2, -0.15) is 5.10 Å². The van der Waals surface area contributed by atoms with Gasteiger partial charge in [0.25, 0.3) is 11.6 Å². The van der Waals surface area contributed by atoms with Crippen molar-refractivity contribution in [2.75, 3.05) is 0 Å². The Morgan fingerprint density at radius 2 is 1.81 bits per heavy atom. The fraction of sp³-hybridized carbons (Fsp3) is 0.619. The van der Waals surface area contributed by atoms with Gasteiger partial charge in [-0.3, -0.25) is 14.9 Å². The highest BCUT2D eigenvalue weighted by Gasteiger charge is 2.52. The largest absolute Gasteiger partial charge is 0.272 e. The second-order valence-electron chi connectivity index (χ2n) is 8.81. The second-order valence-corrected chi connectivity index (χ2v) is 8.81. The van der Waals surface area contributed by atoms with Crippen LogP contribution in [0.3, 0.4) is 0 Å². The second kappa shape index (κ2) is 6.73. The van der Waals surface area contributed by atoms with E-state index in [-0.39, 0.29) is 17.0 Å². The lowest BCUT2D eigenvalue weighted by molar-refractivity contribution is -0.385. The summed E-state index contributed by atoms with van der Waals surface area (Å²) in [7, 11) is 0. The number of hydrazone groups is 1. The summed E-state index contributed by atoms with van der Waals surface area (Å²) in [5.41, 5.74) is 4.96. The minimum atomic E-state index is -0.433. The van der Waals surface area contributed by atoms with Crippen LogP contribution in [0.25, 0.3) is 0 Å². The Morgan fingerprint density at radius 3 is 2.30 bits per heavy atom. The lowest BCUT2D eigenvalue weighted by Crippen LogP contribution is -2.50. The first-order chi connectivity index (χ1) is 12.9. The number of amides is 1. The fourth-order valence-corrected chi connectivity index (χ4v) is 6.22. The summed E-state index contributed by atoms with van der Waals surface area (Å²) in [6, 6.07) is 4.43. The highest BCUT2D eigenvalue weighted by molar-refractivity contribution is 5.97. The van der Waals surface area contributed by atoms with Gasteiger partial charge >= 0.3 is 0 Å². The van der Waals surface area contributed by atoms with Crippen LogP contribution >= 0.6 is 0 Å². The van der Waals surface area contributed by atoms with Gasteiger partial charge in [-0.25, -0.2) is 5.43 Å². The zero-order chi connectivity index (χ0) is 19.2. The first-order valence-corrected chi connectivity index (χ1v) is 10.0. The standard InChI is InChI=1S/C21H27N3O3/c1-3-19(21-10-14-7-15(11-21)9-16(8-14)12-21)22-23-20(25)17-4-5-18(24(26)27)13(2)6-17/h4-6,14-16H,3,7-12H2,1-2H3,(H,23,25)/b22-19-. The van der Waals surface area contributed by atoms with E-state index in [1.54, 1.807) is 13.0 Å². The molecule has 0 radical (unpaired) electrons. The van der Waals surface area contributed by atoms with Gasteiger partial charge in [0, 0.05) is 28.3 Å². The van der Waals surface area contributed by atoms with Crippen molar-refractivity contribution in [2.24, 2.45) is 28.3 Å². The number of nitro groups is 1. The van der Waals surface area contributed by atoms with Crippen LogP contribution in [0.15, 0.2) is 23.3 Å². The molecule has 0 aromatic heterocycles. The van der Waals surface area contributed by atoms with Gasteiger partial charge in [-0.1, -0.05) is 6.92 Å². The molecule has 27 heavy (non-hydrogen) atoms. The smallest absolute Gasteiger partial charge is 0.267 e. The predicted octanol–water partition coefficient (Wildman–Crippen LogP) is 4.62. The summed E-state index contributed by atoms with van der Waals surface area (Å²) in [4.78, 5) is 23.0. The average molecular weight is 369 g/mol. The van der Waals surface area contributed by atoms with Gasteiger partial charge in [-0.15, -0.1) is 0 Å². The third-order valence-electron chi connectivity index (χ3n) is 6.93. The van der Waals surface area contributed by atoms with Crippen molar-refractivity contribution in [1.82, 2.24) is 5.43 Å². The summed E-state index contributed by atoms with van der Waals surface area (Å²) < 4.78 is 0. The van der Waals surface area contributed by atoms with Crippen molar-refractivity contribution in [1.29, 1.82) is 0 Å². The van der Waals surface area contributed by atoms with Crippen molar-refractivity contribution in [3.63, 3.8) is 0 Å². The topological polar surface area (TPSA) is 84.6 Å². The van der Waals surface area contributed by atoms with E-state index in [4.69, 9.17) is 0 Å². The number of nitro benzene ring substituents is 1. The molecule has 4 fully saturated rings. The van der Waals surface area contributed by atoms with E-state index in [1.165, 1.54) is 50.7 Å². The van der Waals surface area contributed by atoms with E-state index < -0.39 is 4.92 Å². The molecule has 4 aliphatic rings. The van der Waals surface area contributed by atoms with Crippen molar-refractivity contribution in [3.8, 4) is 0 Å². The predicted molar refractivity (Wildman–Crippen MR) is 104 cm³/mol. The molecule has 0 spiro atoms. The summed E-state index contributed by atoms with van der Waals surface area (Å²) in [6.07, 6.45) is 8.65. The number of carbonyl (C=O) groups excluding carboxylic acids is 1. The van der Waals surface area contributed by atoms with Crippen molar-refractivity contribution < 1.29 is 9.72 Å². The van der Waals surface area contributed by atoms with E-state index >= 15 is 0 Å². The van der Waals surface area contributed by atoms with Crippen LogP contribution in [-0.2, 0) is 0 Å². The molecule has 1 aromatic rings. The molecule has 6 heteroatoms. The molecule has 0 heterocycles. The molecule has 6 nitrogen and oxygen atoms in total. The highest BCUT2D eigenvalue weighted by Crippen LogP contribution is 2.60. The number of nitrogens with one attached hydrogen (secondary N) is 1. The van der Waals surface area contributed by atoms with Crippen LogP contribution in [0.5, 0.6) is 0 Å². The lowest BCUT2D eigenvalue weighted by Gasteiger charge is -2.57. The summed E-state index contributed by atoms with van der Waals surface area (Å²) in [6.45, 7) is 3.77. The van der Waals surface area contributed by atoms with Gasteiger partial charge in [0.05, 0.1) is 4.92 Å². The van der Waals surface area contributed by atoms with Crippen molar-refractivity contribution >= 4 is 17.3 Å². The summed E-state index contributed by atoms with van der Waals surface area (Å²) in [5.74, 6) is 2.20. The zero-order valence-electron chi connectivity index (χ0n) is 16.0. The van der Waals surface area contributed by atoms with Crippen LogP contribution in [0.1, 0.15) is 67.8 Å². The molecule has 5 rings (SSSR count). The maximum absolute atomic E-state index is 12.5. The molecule has 0 unspecified atom stereocenters. The summed E-state index contributed by atoms with van der Waals surface area (Å²) >= 11 is 0. The van der Waals surface area contributed by atoms with Crippen LogP contribution in [-0.4, -0.2) is 16.5 Å². The Kier molecular flexibility index (Phi) is 4.52. The van der Waals surface area contributed by atoms with E-state index in [9.17, 15) is 14.9 Å². The first-order valence-electron chi connectivity index (χ1n) is 10.0. The van der Waals surface area contributed by atoms with Gasteiger partial charge < -0.3 is 0 Å². The van der Waals surface area contributed by atoms with E-state index in [2.05, 4.69) is 17.5 Å². The number of carbonyl (C=O) groups is 1. The number of aryl methyl sites for hydroxylation is 1. The zero-order valence-corrected chi connectivity index (χ0v) is 16.0. The van der Waals surface area contributed by atoms with Crippen molar-refractivity contribution in [2.45, 2.75) is 58.8 Å². The number of hydrogen-bond donors (Lipinski definition) is 1. The SMILES string of the molecule is CC/C(=N/NC(=O)c1ccc([N+](=O)[O-])c(C)c1)C12CC3CC(CC(C3)C1)C2. The first kappa shape index (κ1) is 18.1. The third kappa shape index (κ3) is 3.26.